The molecule has 0 saturated carbocycles. The van der Waals surface area contributed by atoms with Crippen molar-refractivity contribution in [1.29, 1.82) is 0 Å². The highest BCUT2D eigenvalue weighted by Crippen LogP contribution is 2.15. The third-order valence-electron chi connectivity index (χ3n) is 1.69. The third-order valence-corrected chi connectivity index (χ3v) is 1.93. The fourth-order valence-corrected chi connectivity index (χ4v) is 1.25. The maximum Gasteiger partial charge on any atom is 0.179 e. The van der Waals surface area contributed by atoms with Crippen LogP contribution in [0.25, 0.3) is 0 Å². The Morgan fingerprint density at radius 1 is 1.50 bits per heavy atom. The minimum atomic E-state index is -0.565. The Morgan fingerprint density at radius 3 is 2.64 bits per heavy atom. The predicted molar refractivity (Wildman–Crippen MR) is 54.3 cm³/mol. The lowest BCUT2D eigenvalue weighted by atomic mass is 10.1. The number of hydrogen-bond donors (Lipinski definition) is 0. The van der Waals surface area contributed by atoms with Gasteiger partial charge in [0, 0.05) is 5.02 Å². The van der Waals surface area contributed by atoms with E-state index in [1.165, 1.54) is 12.1 Å². The molecule has 1 rings (SSSR count). The van der Waals surface area contributed by atoms with E-state index in [9.17, 15) is 9.18 Å². The molecule has 2 nitrogen and oxygen atoms in total. The molecule has 0 unspecified atom stereocenters. The summed E-state index contributed by atoms with van der Waals surface area (Å²) >= 11 is 5.57. The third kappa shape index (κ3) is 2.79. The van der Waals surface area contributed by atoms with Crippen molar-refractivity contribution in [1.82, 2.24) is 4.90 Å². The molecule has 0 aliphatic rings. The Hall–Kier alpha value is -0.930. The molecule has 0 aliphatic carbocycles. The topological polar surface area (TPSA) is 20.3 Å². The summed E-state index contributed by atoms with van der Waals surface area (Å²) in [7, 11) is 3.51. The second-order valence-corrected chi connectivity index (χ2v) is 3.72. The van der Waals surface area contributed by atoms with Gasteiger partial charge in [0.25, 0.3) is 0 Å². The number of carbonyl (C=O) groups is 1. The summed E-state index contributed by atoms with van der Waals surface area (Å²) in [5.74, 6) is -0.812. The van der Waals surface area contributed by atoms with Gasteiger partial charge in [-0.2, -0.15) is 0 Å². The zero-order valence-corrected chi connectivity index (χ0v) is 8.81. The summed E-state index contributed by atoms with van der Waals surface area (Å²) in [5.41, 5.74) is 0.0862. The van der Waals surface area contributed by atoms with Crippen molar-refractivity contribution in [2.24, 2.45) is 0 Å². The van der Waals surface area contributed by atoms with Gasteiger partial charge in [-0.3, -0.25) is 4.79 Å². The first-order valence-electron chi connectivity index (χ1n) is 4.13. The molecular formula is C10H11ClFNO. The average Bonchev–Trinajstić information content (AvgIpc) is 2.01. The molecule has 0 aromatic heterocycles. The van der Waals surface area contributed by atoms with Gasteiger partial charge in [0.2, 0.25) is 0 Å². The number of carbonyl (C=O) groups excluding carboxylic acids is 1. The Bertz CT molecular complexity index is 352. The lowest BCUT2D eigenvalue weighted by molar-refractivity contribution is 0.0954. The molecule has 0 atom stereocenters. The van der Waals surface area contributed by atoms with E-state index >= 15 is 0 Å². The molecule has 76 valence electrons. The fraction of sp³-hybridized carbons (Fsp3) is 0.300. The number of benzene rings is 1. The van der Waals surface area contributed by atoms with Gasteiger partial charge in [0.05, 0.1) is 12.1 Å². The smallest absolute Gasteiger partial charge is 0.179 e. The van der Waals surface area contributed by atoms with Crippen LogP contribution in [0.5, 0.6) is 0 Å². The first-order valence-corrected chi connectivity index (χ1v) is 4.51. The molecule has 0 heterocycles. The first-order chi connectivity index (χ1) is 6.50. The number of halogens is 2. The molecule has 1 aromatic carbocycles. The van der Waals surface area contributed by atoms with Crippen molar-refractivity contribution in [2.45, 2.75) is 0 Å². The minimum Gasteiger partial charge on any atom is -0.302 e. The van der Waals surface area contributed by atoms with Gasteiger partial charge in [-0.1, -0.05) is 11.6 Å². The summed E-state index contributed by atoms with van der Waals surface area (Å²) < 4.78 is 13.2. The van der Waals surface area contributed by atoms with E-state index in [1.807, 2.05) is 0 Å². The van der Waals surface area contributed by atoms with Crippen molar-refractivity contribution in [3.05, 3.63) is 34.6 Å². The van der Waals surface area contributed by atoms with Gasteiger partial charge in [0.1, 0.15) is 5.82 Å². The number of hydrogen-bond acceptors (Lipinski definition) is 2. The average molecular weight is 216 g/mol. The highest BCUT2D eigenvalue weighted by molar-refractivity contribution is 6.30. The van der Waals surface area contributed by atoms with E-state index in [0.29, 0.717) is 5.02 Å². The van der Waals surface area contributed by atoms with Crippen molar-refractivity contribution in [3.8, 4) is 0 Å². The fourth-order valence-electron chi connectivity index (χ4n) is 1.09. The molecule has 0 N–H and O–H groups in total. The quantitative estimate of drug-likeness (QED) is 0.721. The number of rotatable bonds is 3. The van der Waals surface area contributed by atoms with Crippen LogP contribution in [0.15, 0.2) is 18.2 Å². The molecule has 0 spiro atoms. The number of Topliss-reactive ketones (excluding diaryl/α,β-unsaturated/α-hetero) is 1. The van der Waals surface area contributed by atoms with Gasteiger partial charge in [-0.25, -0.2) is 4.39 Å². The van der Waals surface area contributed by atoms with Crippen LogP contribution in [0.4, 0.5) is 4.39 Å². The van der Waals surface area contributed by atoms with Gasteiger partial charge in [0.15, 0.2) is 5.78 Å². The van der Waals surface area contributed by atoms with Crippen LogP contribution < -0.4 is 0 Å². The van der Waals surface area contributed by atoms with Gasteiger partial charge < -0.3 is 4.90 Å². The maximum atomic E-state index is 13.2. The predicted octanol–water partition coefficient (Wildman–Crippen LogP) is 2.22. The summed E-state index contributed by atoms with van der Waals surface area (Å²) in [4.78, 5) is 13.2. The van der Waals surface area contributed by atoms with Gasteiger partial charge in [-0.05, 0) is 32.3 Å². The van der Waals surface area contributed by atoms with Crippen molar-refractivity contribution >= 4 is 17.4 Å². The Morgan fingerprint density at radius 2 is 2.14 bits per heavy atom. The summed E-state index contributed by atoms with van der Waals surface area (Å²) in [5, 5.41) is 0.295. The molecule has 0 amide bonds. The van der Waals surface area contributed by atoms with Crippen LogP contribution in [0, 0.1) is 5.82 Å². The molecular weight excluding hydrogens is 205 g/mol. The number of likely N-dealkylation sites (N-methyl/N-ethyl adjacent to an activating group) is 1. The second kappa shape index (κ2) is 4.53. The standard InChI is InChI=1S/C10H11ClFNO/c1-13(2)6-10(14)8-4-3-7(11)5-9(8)12/h3-5H,6H2,1-2H3. The van der Waals surface area contributed by atoms with Crippen LogP contribution in [0.3, 0.4) is 0 Å². The zero-order chi connectivity index (χ0) is 10.7. The van der Waals surface area contributed by atoms with E-state index in [-0.39, 0.29) is 17.9 Å². The molecule has 14 heavy (non-hydrogen) atoms. The van der Waals surface area contributed by atoms with Crippen molar-refractivity contribution < 1.29 is 9.18 Å². The monoisotopic (exact) mass is 215 g/mol. The van der Waals surface area contributed by atoms with E-state index in [4.69, 9.17) is 11.6 Å². The van der Waals surface area contributed by atoms with Crippen molar-refractivity contribution in [2.75, 3.05) is 20.6 Å². The number of nitrogens with zero attached hydrogens (tertiary/aromatic N) is 1. The van der Waals surface area contributed by atoms with Gasteiger partial charge in [-0.15, -0.1) is 0 Å². The zero-order valence-electron chi connectivity index (χ0n) is 8.05. The van der Waals surface area contributed by atoms with E-state index < -0.39 is 5.82 Å². The van der Waals surface area contributed by atoms with Crippen LogP contribution in [0.2, 0.25) is 5.02 Å². The van der Waals surface area contributed by atoms with Crippen molar-refractivity contribution in [3.63, 3.8) is 0 Å². The van der Waals surface area contributed by atoms with Crippen LogP contribution in [-0.4, -0.2) is 31.3 Å². The highest BCUT2D eigenvalue weighted by atomic mass is 35.5. The molecule has 0 radical (unpaired) electrons. The Labute approximate surface area is 87.3 Å². The number of ketones is 1. The largest absolute Gasteiger partial charge is 0.302 e. The lowest BCUT2D eigenvalue weighted by Crippen LogP contribution is -2.22. The molecule has 0 fully saturated rings. The van der Waals surface area contributed by atoms with Crippen LogP contribution in [-0.2, 0) is 0 Å². The summed E-state index contributed by atoms with van der Waals surface area (Å²) in [6.45, 7) is 0.193. The SMILES string of the molecule is CN(C)CC(=O)c1ccc(Cl)cc1F. The Balaban J connectivity index is 2.90. The summed E-state index contributed by atoms with van der Waals surface area (Å²) in [6, 6.07) is 4.06. The van der Waals surface area contributed by atoms with E-state index in [0.717, 1.165) is 6.07 Å². The second-order valence-electron chi connectivity index (χ2n) is 3.29. The molecule has 1 aromatic rings. The van der Waals surface area contributed by atoms with E-state index in [1.54, 1.807) is 19.0 Å². The molecule has 0 bridgehead atoms. The first kappa shape index (κ1) is 11.1. The normalized spacial score (nSPS) is 10.6. The molecule has 0 aliphatic heterocycles. The maximum absolute atomic E-state index is 13.2. The lowest BCUT2D eigenvalue weighted by Gasteiger charge is -2.08. The van der Waals surface area contributed by atoms with E-state index in [2.05, 4.69) is 0 Å². The highest BCUT2D eigenvalue weighted by Gasteiger charge is 2.12. The van der Waals surface area contributed by atoms with Crippen LogP contribution in [0.1, 0.15) is 10.4 Å². The molecule has 0 saturated heterocycles. The Kier molecular flexibility index (Phi) is 3.61. The van der Waals surface area contributed by atoms with Gasteiger partial charge >= 0.3 is 0 Å². The summed E-state index contributed by atoms with van der Waals surface area (Å²) in [6.07, 6.45) is 0. The molecule has 4 heteroatoms. The minimum absolute atomic E-state index is 0.0862. The van der Waals surface area contributed by atoms with Crippen LogP contribution >= 0.6 is 11.6 Å².